The van der Waals surface area contributed by atoms with Crippen LogP contribution in [0, 0.1) is 0 Å². The van der Waals surface area contributed by atoms with Crippen LogP contribution in [0.1, 0.15) is 17.3 Å². The molecule has 0 fully saturated rings. The van der Waals surface area contributed by atoms with Gasteiger partial charge in [0.05, 0.1) is 28.1 Å². The zero-order chi connectivity index (χ0) is 25.2. The van der Waals surface area contributed by atoms with Crippen molar-refractivity contribution in [3.8, 4) is 22.5 Å². The smallest absolute Gasteiger partial charge is 0.258 e. The maximum Gasteiger partial charge on any atom is 0.258 e. The van der Waals surface area contributed by atoms with E-state index in [-0.39, 0.29) is 5.91 Å². The molecule has 0 bridgehead atoms. The van der Waals surface area contributed by atoms with Crippen molar-refractivity contribution < 1.29 is 4.79 Å². The topological polar surface area (TPSA) is 46.1 Å². The fourth-order valence-corrected chi connectivity index (χ4v) is 4.80. The fraction of sp³-hybridized carbons (Fsp3) is 0.0606. The molecule has 4 heteroatoms. The van der Waals surface area contributed by atoms with Crippen molar-refractivity contribution in [2.75, 3.05) is 11.4 Å². The molecule has 5 aromatic carbocycles. The van der Waals surface area contributed by atoms with E-state index in [1.165, 1.54) is 0 Å². The largest absolute Gasteiger partial charge is 0.308 e. The highest BCUT2D eigenvalue weighted by molar-refractivity contribution is 6.11. The number of nitrogens with zero attached hydrogens (tertiary/aromatic N) is 3. The number of amides is 1. The minimum atomic E-state index is -0.0593. The molecular weight excluding hydrogens is 454 g/mol. The predicted octanol–water partition coefficient (Wildman–Crippen LogP) is 7.78. The van der Waals surface area contributed by atoms with Crippen LogP contribution in [0.15, 0.2) is 121 Å². The van der Waals surface area contributed by atoms with Crippen LogP contribution in [-0.4, -0.2) is 22.4 Å². The van der Waals surface area contributed by atoms with E-state index in [9.17, 15) is 4.79 Å². The monoisotopic (exact) mass is 479 g/mol. The molecule has 6 aromatic rings. The van der Waals surface area contributed by atoms with Gasteiger partial charge in [-0.2, -0.15) is 0 Å². The SMILES string of the molecule is CCN(C(=O)c1ccc2nc(-c3ccccc3)c(-c3ccccc3)nc2c1)c1cccc2ccccc12. The molecule has 178 valence electrons. The summed E-state index contributed by atoms with van der Waals surface area (Å²) >= 11 is 0. The molecule has 0 saturated heterocycles. The third-order valence-corrected chi connectivity index (χ3v) is 6.62. The first-order chi connectivity index (χ1) is 18.2. The maximum atomic E-state index is 13.8. The van der Waals surface area contributed by atoms with E-state index in [1.807, 2.05) is 115 Å². The van der Waals surface area contributed by atoms with Gasteiger partial charge in [0, 0.05) is 28.6 Å². The Hall–Kier alpha value is -4.83. The summed E-state index contributed by atoms with van der Waals surface area (Å²) in [4.78, 5) is 25.6. The first-order valence-electron chi connectivity index (χ1n) is 12.4. The lowest BCUT2D eigenvalue weighted by Crippen LogP contribution is -2.30. The zero-order valence-electron chi connectivity index (χ0n) is 20.5. The molecule has 0 aliphatic carbocycles. The summed E-state index contributed by atoms with van der Waals surface area (Å²) in [6.07, 6.45) is 0. The summed E-state index contributed by atoms with van der Waals surface area (Å²) in [5, 5.41) is 2.16. The number of anilines is 1. The quantitative estimate of drug-likeness (QED) is 0.254. The summed E-state index contributed by atoms with van der Waals surface area (Å²) in [7, 11) is 0. The Morgan fingerprint density at radius 3 is 1.92 bits per heavy atom. The van der Waals surface area contributed by atoms with Crippen molar-refractivity contribution in [2.45, 2.75) is 6.92 Å². The van der Waals surface area contributed by atoms with Crippen LogP contribution in [0.3, 0.4) is 0 Å². The Balaban J connectivity index is 1.47. The molecular formula is C33H25N3O. The van der Waals surface area contributed by atoms with E-state index in [2.05, 4.69) is 18.2 Å². The highest BCUT2D eigenvalue weighted by Crippen LogP contribution is 2.32. The molecule has 6 rings (SSSR count). The molecule has 0 saturated carbocycles. The number of rotatable bonds is 5. The second-order valence-corrected chi connectivity index (χ2v) is 8.90. The van der Waals surface area contributed by atoms with Gasteiger partial charge in [-0.1, -0.05) is 97.1 Å². The fourth-order valence-electron chi connectivity index (χ4n) is 4.80. The van der Waals surface area contributed by atoms with E-state index < -0.39 is 0 Å². The molecule has 0 aliphatic rings. The van der Waals surface area contributed by atoms with E-state index in [0.29, 0.717) is 17.6 Å². The van der Waals surface area contributed by atoms with Crippen molar-refractivity contribution in [1.29, 1.82) is 0 Å². The highest BCUT2D eigenvalue weighted by Gasteiger charge is 2.20. The maximum absolute atomic E-state index is 13.8. The Morgan fingerprint density at radius 1 is 0.649 bits per heavy atom. The van der Waals surface area contributed by atoms with Gasteiger partial charge in [0.1, 0.15) is 0 Å². The second kappa shape index (κ2) is 9.67. The van der Waals surface area contributed by atoms with Crippen molar-refractivity contribution in [3.05, 3.63) is 127 Å². The molecule has 0 N–H and O–H groups in total. The van der Waals surface area contributed by atoms with E-state index in [4.69, 9.17) is 9.97 Å². The zero-order valence-corrected chi connectivity index (χ0v) is 20.5. The Bertz CT molecular complexity index is 1720. The summed E-state index contributed by atoms with van der Waals surface area (Å²) < 4.78 is 0. The van der Waals surface area contributed by atoms with Crippen molar-refractivity contribution in [3.63, 3.8) is 0 Å². The molecule has 1 aromatic heterocycles. The first-order valence-corrected chi connectivity index (χ1v) is 12.4. The van der Waals surface area contributed by atoms with Crippen molar-refractivity contribution >= 4 is 33.4 Å². The average molecular weight is 480 g/mol. The lowest BCUT2D eigenvalue weighted by atomic mass is 10.0. The summed E-state index contributed by atoms with van der Waals surface area (Å²) in [5.74, 6) is -0.0593. The number of hydrogen-bond donors (Lipinski definition) is 0. The molecule has 1 amide bonds. The summed E-state index contributed by atoms with van der Waals surface area (Å²) in [6.45, 7) is 2.55. The molecule has 0 spiro atoms. The third kappa shape index (κ3) is 4.23. The molecule has 0 atom stereocenters. The molecule has 0 unspecified atom stereocenters. The number of hydrogen-bond acceptors (Lipinski definition) is 3. The van der Waals surface area contributed by atoms with Crippen LogP contribution in [0.2, 0.25) is 0 Å². The number of fused-ring (bicyclic) bond motifs is 2. The minimum Gasteiger partial charge on any atom is -0.308 e. The Kier molecular flexibility index (Phi) is 5.91. The first kappa shape index (κ1) is 22.6. The van der Waals surface area contributed by atoms with Gasteiger partial charge in [-0.05, 0) is 36.6 Å². The van der Waals surface area contributed by atoms with E-state index in [0.717, 1.165) is 44.5 Å². The second-order valence-electron chi connectivity index (χ2n) is 8.90. The standard InChI is InChI=1S/C33H25N3O/c1-2-36(30-19-11-17-23-12-9-10-18-27(23)30)33(37)26-20-21-28-29(22-26)35-32(25-15-7-4-8-16-25)31(34-28)24-13-5-3-6-14-24/h3-22H,2H2,1H3. The van der Waals surface area contributed by atoms with Crippen LogP contribution in [0.25, 0.3) is 44.3 Å². The van der Waals surface area contributed by atoms with Crippen LogP contribution < -0.4 is 4.90 Å². The molecule has 37 heavy (non-hydrogen) atoms. The number of carbonyl (C=O) groups is 1. The van der Waals surface area contributed by atoms with Gasteiger partial charge in [-0.3, -0.25) is 4.79 Å². The van der Waals surface area contributed by atoms with E-state index >= 15 is 0 Å². The third-order valence-electron chi connectivity index (χ3n) is 6.62. The normalized spacial score (nSPS) is 11.1. The van der Waals surface area contributed by atoms with Gasteiger partial charge in [-0.15, -0.1) is 0 Å². The van der Waals surface area contributed by atoms with Crippen LogP contribution in [0.5, 0.6) is 0 Å². The van der Waals surface area contributed by atoms with Gasteiger partial charge in [0.2, 0.25) is 0 Å². The van der Waals surface area contributed by atoms with Gasteiger partial charge in [0.25, 0.3) is 5.91 Å². The molecule has 4 nitrogen and oxygen atoms in total. The summed E-state index contributed by atoms with van der Waals surface area (Å²) in [6, 6.07) is 40.0. The van der Waals surface area contributed by atoms with Gasteiger partial charge in [-0.25, -0.2) is 9.97 Å². The Morgan fingerprint density at radius 2 is 1.24 bits per heavy atom. The molecule has 0 aliphatic heterocycles. The van der Waals surface area contributed by atoms with Gasteiger partial charge in [0.15, 0.2) is 0 Å². The Labute approximate surface area is 215 Å². The van der Waals surface area contributed by atoms with Crippen LogP contribution in [-0.2, 0) is 0 Å². The minimum absolute atomic E-state index is 0.0593. The summed E-state index contributed by atoms with van der Waals surface area (Å²) in [5.41, 5.74) is 6.54. The van der Waals surface area contributed by atoms with Crippen molar-refractivity contribution in [2.24, 2.45) is 0 Å². The van der Waals surface area contributed by atoms with Crippen LogP contribution in [0.4, 0.5) is 5.69 Å². The lowest BCUT2D eigenvalue weighted by molar-refractivity contribution is 0.0988. The lowest BCUT2D eigenvalue weighted by Gasteiger charge is -2.23. The predicted molar refractivity (Wildman–Crippen MR) is 152 cm³/mol. The van der Waals surface area contributed by atoms with Crippen LogP contribution >= 0.6 is 0 Å². The van der Waals surface area contributed by atoms with Gasteiger partial charge < -0.3 is 4.90 Å². The average Bonchev–Trinajstić information content (AvgIpc) is 2.97. The molecule has 0 radical (unpaired) electrons. The number of benzene rings is 5. The molecule has 1 heterocycles. The highest BCUT2D eigenvalue weighted by atomic mass is 16.2. The van der Waals surface area contributed by atoms with Crippen molar-refractivity contribution in [1.82, 2.24) is 9.97 Å². The number of carbonyl (C=O) groups excluding carboxylic acids is 1. The van der Waals surface area contributed by atoms with Gasteiger partial charge >= 0.3 is 0 Å². The van der Waals surface area contributed by atoms with E-state index in [1.54, 1.807) is 0 Å². The number of aromatic nitrogens is 2.